The molecule has 14 heavy (non-hydrogen) atoms. The number of thiol groups is 1. The molecule has 74 valence electrons. The van der Waals surface area contributed by atoms with Crippen molar-refractivity contribution in [3.05, 3.63) is 35.4 Å². The van der Waals surface area contributed by atoms with E-state index in [1.54, 1.807) is 0 Å². The van der Waals surface area contributed by atoms with Gasteiger partial charge in [0.15, 0.2) is 0 Å². The zero-order chi connectivity index (χ0) is 10.0. The molecule has 0 saturated heterocycles. The van der Waals surface area contributed by atoms with Gasteiger partial charge < -0.3 is 0 Å². The van der Waals surface area contributed by atoms with Crippen LogP contribution in [0.2, 0.25) is 0 Å². The van der Waals surface area contributed by atoms with Crippen LogP contribution in [0.5, 0.6) is 0 Å². The minimum absolute atomic E-state index is 0.214. The van der Waals surface area contributed by atoms with Gasteiger partial charge in [-0.05, 0) is 24.8 Å². The van der Waals surface area contributed by atoms with E-state index < -0.39 is 0 Å². The first kappa shape index (κ1) is 9.74. The van der Waals surface area contributed by atoms with Gasteiger partial charge in [-0.15, -0.1) is 0 Å². The van der Waals surface area contributed by atoms with Crippen molar-refractivity contribution in [2.24, 2.45) is 0 Å². The molecule has 1 aliphatic rings. The van der Waals surface area contributed by atoms with Gasteiger partial charge in [-0.25, -0.2) is 0 Å². The van der Waals surface area contributed by atoms with Gasteiger partial charge >= 0.3 is 0 Å². The van der Waals surface area contributed by atoms with Crippen molar-refractivity contribution < 1.29 is 4.79 Å². The van der Waals surface area contributed by atoms with E-state index in [1.807, 2.05) is 24.3 Å². The standard InChI is InChI=1S/C11H13NOS/c13-8-10-3-1-9(2-4-10)7-11(12-14)5-6-11/h1-4,8,12,14H,5-7H2. The van der Waals surface area contributed by atoms with E-state index in [2.05, 4.69) is 17.5 Å². The predicted molar refractivity (Wildman–Crippen MR) is 59.6 cm³/mol. The first-order chi connectivity index (χ1) is 6.78. The largest absolute Gasteiger partial charge is 0.298 e. The SMILES string of the molecule is O=Cc1ccc(CC2(NS)CC2)cc1. The highest BCUT2D eigenvalue weighted by atomic mass is 32.1. The average Bonchev–Trinajstić information content (AvgIpc) is 3.00. The monoisotopic (exact) mass is 207 g/mol. The molecule has 0 bridgehead atoms. The van der Waals surface area contributed by atoms with Crippen LogP contribution in [0.25, 0.3) is 0 Å². The Labute approximate surface area is 89.3 Å². The van der Waals surface area contributed by atoms with Gasteiger partial charge in [-0.3, -0.25) is 9.52 Å². The lowest BCUT2D eigenvalue weighted by Gasteiger charge is -2.12. The molecule has 2 rings (SSSR count). The first-order valence-corrected chi connectivity index (χ1v) is 5.18. The number of nitrogens with one attached hydrogen (secondary N) is 1. The number of rotatable bonds is 4. The molecule has 1 aliphatic carbocycles. The fraction of sp³-hybridized carbons (Fsp3) is 0.364. The van der Waals surface area contributed by atoms with Gasteiger partial charge in [0, 0.05) is 11.1 Å². The Hall–Kier alpha value is -0.800. The summed E-state index contributed by atoms with van der Waals surface area (Å²) in [5.41, 5.74) is 2.21. The lowest BCUT2D eigenvalue weighted by atomic mass is 10.0. The van der Waals surface area contributed by atoms with E-state index in [4.69, 9.17) is 0 Å². The van der Waals surface area contributed by atoms with Crippen LogP contribution in [0.4, 0.5) is 0 Å². The van der Waals surface area contributed by atoms with Crippen LogP contribution in [-0.4, -0.2) is 11.8 Å². The molecule has 0 radical (unpaired) electrons. The molecule has 0 atom stereocenters. The van der Waals surface area contributed by atoms with Crippen molar-refractivity contribution in [3.8, 4) is 0 Å². The number of benzene rings is 1. The van der Waals surface area contributed by atoms with E-state index in [0.29, 0.717) is 0 Å². The molecule has 2 nitrogen and oxygen atoms in total. The van der Waals surface area contributed by atoms with Crippen molar-refractivity contribution in [2.75, 3.05) is 0 Å². The van der Waals surface area contributed by atoms with Crippen molar-refractivity contribution in [2.45, 2.75) is 24.8 Å². The molecule has 0 amide bonds. The Bertz CT molecular complexity index is 330. The number of aldehydes is 1. The molecule has 1 aromatic rings. The third kappa shape index (κ3) is 1.99. The summed E-state index contributed by atoms with van der Waals surface area (Å²) in [6.45, 7) is 0. The molecule has 0 unspecified atom stereocenters. The van der Waals surface area contributed by atoms with Crippen LogP contribution in [-0.2, 0) is 6.42 Å². The van der Waals surface area contributed by atoms with Crippen molar-refractivity contribution in [1.82, 2.24) is 4.72 Å². The van der Waals surface area contributed by atoms with Gasteiger partial charge in [0.25, 0.3) is 0 Å². The van der Waals surface area contributed by atoms with E-state index in [1.165, 1.54) is 18.4 Å². The summed E-state index contributed by atoms with van der Waals surface area (Å²) in [7, 11) is 0. The van der Waals surface area contributed by atoms with E-state index in [0.717, 1.165) is 18.3 Å². The molecule has 0 spiro atoms. The molecule has 1 saturated carbocycles. The second-order valence-corrected chi connectivity index (χ2v) is 4.15. The highest BCUT2D eigenvalue weighted by Crippen LogP contribution is 2.38. The van der Waals surface area contributed by atoms with E-state index in [9.17, 15) is 4.79 Å². The number of carbonyl (C=O) groups excluding carboxylic acids is 1. The summed E-state index contributed by atoms with van der Waals surface area (Å²) in [6, 6.07) is 7.73. The Balaban J connectivity index is 2.06. The zero-order valence-corrected chi connectivity index (χ0v) is 8.76. The summed E-state index contributed by atoms with van der Waals surface area (Å²) >= 11 is 4.13. The third-order valence-corrected chi connectivity index (χ3v) is 3.22. The Kier molecular flexibility index (Phi) is 2.61. The summed E-state index contributed by atoms with van der Waals surface area (Å²) in [6.07, 6.45) is 4.24. The van der Waals surface area contributed by atoms with Crippen molar-refractivity contribution in [1.29, 1.82) is 0 Å². The molecule has 0 heterocycles. The molecule has 1 N–H and O–H groups in total. The fourth-order valence-corrected chi connectivity index (χ4v) is 1.89. The van der Waals surface area contributed by atoms with E-state index in [-0.39, 0.29) is 5.54 Å². The third-order valence-electron chi connectivity index (χ3n) is 2.75. The molecule has 1 aromatic carbocycles. The number of carbonyl (C=O) groups is 1. The van der Waals surface area contributed by atoms with Gasteiger partial charge in [-0.2, -0.15) is 0 Å². The molecule has 1 fully saturated rings. The minimum atomic E-state index is 0.214. The predicted octanol–water partition coefficient (Wildman–Crippen LogP) is 2.01. The summed E-state index contributed by atoms with van der Waals surface area (Å²) in [5.74, 6) is 0. The topological polar surface area (TPSA) is 29.1 Å². The molecule has 3 heteroatoms. The van der Waals surface area contributed by atoms with Gasteiger partial charge in [0.05, 0.1) is 0 Å². The van der Waals surface area contributed by atoms with Crippen LogP contribution in [0.15, 0.2) is 24.3 Å². The Morgan fingerprint density at radius 2 is 2.00 bits per heavy atom. The van der Waals surface area contributed by atoms with E-state index >= 15 is 0 Å². The van der Waals surface area contributed by atoms with Gasteiger partial charge in [0.2, 0.25) is 0 Å². The quantitative estimate of drug-likeness (QED) is 0.584. The maximum Gasteiger partial charge on any atom is 0.150 e. The summed E-state index contributed by atoms with van der Waals surface area (Å²) in [4.78, 5) is 10.4. The highest BCUT2D eigenvalue weighted by molar-refractivity contribution is 7.78. The smallest absolute Gasteiger partial charge is 0.150 e. The van der Waals surface area contributed by atoms with Crippen molar-refractivity contribution >= 4 is 19.1 Å². The maximum absolute atomic E-state index is 10.4. The van der Waals surface area contributed by atoms with Gasteiger partial charge in [0.1, 0.15) is 6.29 Å². The lowest BCUT2D eigenvalue weighted by molar-refractivity contribution is 0.112. The molecule has 0 aliphatic heterocycles. The minimum Gasteiger partial charge on any atom is -0.298 e. The highest BCUT2D eigenvalue weighted by Gasteiger charge is 2.41. The zero-order valence-electron chi connectivity index (χ0n) is 7.86. The fourth-order valence-electron chi connectivity index (χ4n) is 1.58. The maximum atomic E-state index is 10.4. The van der Waals surface area contributed by atoms with Crippen LogP contribution in [0.3, 0.4) is 0 Å². The number of hydrogen-bond donors (Lipinski definition) is 2. The summed E-state index contributed by atoms with van der Waals surface area (Å²) < 4.78 is 3.05. The Morgan fingerprint density at radius 1 is 1.36 bits per heavy atom. The normalized spacial score (nSPS) is 17.8. The molecular weight excluding hydrogens is 194 g/mol. The van der Waals surface area contributed by atoms with Crippen LogP contribution >= 0.6 is 12.8 Å². The molecular formula is C11H13NOS. The van der Waals surface area contributed by atoms with Crippen LogP contribution in [0.1, 0.15) is 28.8 Å². The van der Waals surface area contributed by atoms with Crippen LogP contribution < -0.4 is 4.72 Å². The second kappa shape index (κ2) is 3.75. The average molecular weight is 207 g/mol. The lowest BCUT2D eigenvalue weighted by Crippen LogP contribution is -2.25. The Morgan fingerprint density at radius 3 is 2.43 bits per heavy atom. The number of hydrogen-bond acceptors (Lipinski definition) is 3. The summed E-state index contributed by atoms with van der Waals surface area (Å²) in [5, 5.41) is 0. The van der Waals surface area contributed by atoms with Gasteiger partial charge in [-0.1, -0.05) is 37.1 Å². The first-order valence-electron chi connectivity index (χ1n) is 4.73. The van der Waals surface area contributed by atoms with Crippen LogP contribution in [0, 0.1) is 0 Å². The molecule has 0 aromatic heterocycles. The van der Waals surface area contributed by atoms with Crippen molar-refractivity contribution in [3.63, 3.8) is 0 Å². The second-order valence-electron chi connectivity index (χ2n) is 3.93.